The lowest BCUT2D eigenvalue weighted by Gasteiger charge is -2.17. The van der Waals surface area contributed by atoms with Crippen LogP contribution >= 0.6 is 0 Å². The van der Waals surface area contributed by atoms with Gasteiger partial charge in [0.15, 0.2) is 0 Å². The first-order valence-corrected chi connectivity index (χ1v) is 9.69. The second kappa shape index (κ2) is 7.78. The molecule has 0 atom stereocenters. The van der Waals surface area contributed by atoms with Gasteiger partial charge in [-0.1, -0.05) is 48.5 Å². The van der Waals surface area contributed by atoms with Gasteiger partial charge in [0.2, 0.25) is 0 Å². The molecule has 8 heteroatoms. The van der Waals surface area contributed by atoms with Gasteiger partial charge >= 0.3 is 0 Å². The van der Waals surface area contributed by atoms with Crippen molar-refractivity contribution in [3.63, 3.8) is 0 Å². The number of hydrogen-bond acceptors (Lipinski definition) is 6. The smallest absolute Gasteiger partial charge is 0.263 e. The van der Waals surface area contributed by atoms with Gasteiger partial charge < -0.3 is 5.73 Å². The van der Waals surface area contributed by atoms with Crippen LogP contribution in [0.1, 0.15) is 11.3 Å². The van der Waals surface area contributed by atoms with Crippen molar-refractivity contribution in [1.29, 1.82) is 10.5 Å². The topological polar surface area (TPSA) is 133 Å². The molecule has 0 fully saturated rings. The van der Waals surface area contributed by atoms with Crippen molar-refractivity contribution in [1.82, 2.24) is 4.98 Å². The molecule has 0 saturated heterocycles. The Morgan fingerprint density at radius 2 is 1.61 bits per heavy atom. The van der Waals surface area contributed by atoms with Gasteiger partial charge in [-0.25, -0.2) is 13.4 Å². The number of sulfonamides is 1. The maximum absolute atomic E-state index is 12.8. The number of anilines is 2. The van der Waals surface area contributed by atoms with Crippen molar-refractivity contribution in [2.45, 2.75) is 11.3 Å². The molecule has 0 amide bonds. The van der Waals surface area contributed by atoms with E-state index in [0.29, 0.717) is 11.1 Å². The van der Waals surface area contributed by atoms with Crippen molar-refractivity contribution in [3.05, 3.63) is 71.9 Å². The van der Waals surface area contributed by atoms with Gasteiger partial charge in [0, 0.05) is 5.56 Å². The van der Waals surface area contributed by atoms with E-state index < -0.39 is 10.0 Å². The number of nitriles is 2. The molecule has 2 aromatic carbocycles. The molecule has 3 rings (SSSR count). The first kappa shape index (κ1) is 18.9. The third-order valence-corrected chi connectivity index (χ3v) is 5.37. The number of nitrogen functional groups attached to an aromatic ring is 1. The molecule has 7 nitrogen and oxygen atoms in total. The highest BCUT2D eigenvalue weighted by Crippen LogP contribution is 2.36. The third kappa shape index (κ3) is 3.63. The molecule has 1 aromatic heterocycles. The zero-order valence-corrected chi connectivity index (χ0v) is 15.4. The standard InChI is InChI=1S/C20H15N5O2S/c21-12-11-17-16(13-22)19(23)18(14-7-3-1-4-8-14)20(24-17)25-28(26,27)15-9-5-2-6-10-15/h1-10H,11H2,(H3,23,24,25). The second-order valence-corrected chi connectivity index (χ2v) is 7.48. The molecule has 0 saturated carbocycles. The van der Waals surface area contributed by atoms with Crippen LogP contribution in [0.15, 0.2) is 65.6 Å². The van der Waals surface area contributed by atoms with E-state index in [4.69, 9.17) is 11.0 Å². The summed E-state index contributed by atoms with van der Waals surface area (Å²) in [5.74, 6) is -0.0307. The highest BCUT2D eigenvalue weighted by molar-refractivity contribution is 7.92. The lowest BCUT2D eigenvalue weighted by Crippen LogP contribution is -2.17. The zero-order chi connectivity index (χ0) is 20.1. The summed E-state index contributed by atoms with van der Waals surface area (Å²) >= 11 is 0. The quantitative estimate of drug-likeness (QED) is 0.689. The minimum atomic E-state index is -3.95. The monoisotopic (exact) mass is 389 g/mol. The van der Waals surface area contributed by atoms with Crippen molar-refractivity contribution in [2.75, 3.05) is 10.5 Å². The van der Waals surface area contributed by atoms with Crippen molar-refractivity contribution < 1.29 is 8.42 Å². The van der Waals surface area contributed by atoms with E-state index in [2.05, 4.69) is 9.71 Å². The Morgan fingerprint density at radius 1 is 1.00 bits per heavy atom. The summed E-state index contributed by atoms with van der Waals surface area (Å²) in [4.78, 5) is 4.32. The zero-order valence-electron chi connectivity index (χ0n) is 14.6. The van der Waals surface area contributed by atoms with Crippen LogP contribution in [0, 0.1) is 22.7 Å². The predicted octanol–water partition coefficient (Wildman–Crippen LogP) is 3.07. The highest BCUT2D eigenvalue weighted by Gasteiger charge is 2.23. The van der Waals surface area contributed by atoms with E-state index in [0.717, 1.165) is 0 Å². The van der Waals surface area contributed by atoms with Crippen LogP contribution in [-0.4, -0.2) is 13.4 Å². The minimum absolute atomic E-state index is 0.0307. The number of pyridine rings is 1. The van der Waals surface area contributed by atoms with E-state index in [1.54, 1.807) is 48.5 Å². The summed E-state index contributed by atoms with van der Waals surface area (Å²) in [7, 11) is -3.95. The molecule has 0 radical (unpaired) electrons. The number of hydrogen-bond donors (Lipinski definition) is 2. The molecule has 0 aliphatic carbocycles. The molecule has 0 spiro atoms. The Hall–Kier alpha value is -3.88. The minimum Gasteiger partial charge on any atom is -0.397 e. The van der Waals surface area contributed by atoms with E-state index >= 15 is 0 Å². The molecule has 0 bridgehead atoms. The molecule has 0 aliphatic rings. The van der Waals surface area contributed by atoms with Gasteiger partial charge in [0.05, 0.1) is 34.3 Å². The Labute approximate surface area is 162 Å². The number of aromatic nitrogens is 1. The molecule has 1 heterocycles. The van der Waals surface area contributed by atoms with Crippen LogP contribution in [0.3, 0.4) is 0 Å². The number of rotatable bonds is 5. The summed E-state index contributed by atoms with van der Waals surface area (Å²) in [5.41, 5.74) is 7.34. The van der Waals surface area contributed by atoms with Crippen LogP contribution in [0.4, 0.5) is 11.5 Å². The van der Waals surface area contributed by atoms with E-state index in [-0.39, 0.29) is 34.1 Å². The predicted molar refractivity (Wildman–Crippen MR) is 105 cm³/mol. The fraction of sp³-hybridized carbons (Fsp3) is 0.0500. The Bertz CT molecular complexity index is 1200. The van der Waals surface area contributed by atoms with Gasteiger partial charge in [0.25, 0.3) is 10.0 Å². The number of benzene rings is 2. The number of nitrogens with two attached hydrogens (primary N) is 1. The first-order valence-electron chi connectivity index (χ1n) is 8.20. The van der Waals surface area contributed by atoms with E-state index in [9.17, 15) is 13.7 Å². The Balaban J connectivity index is 2.24. The molecule has 0 aliphatic heterocycles. The van der Waals surface area contributed by atoms with E-state index in [1.807, 2.05) is 12.1 Å². The van der Waals surface area contributed by atoms with Crippen molar-refractivity contribution >= 4 is 21.5 Å². The SMILES string of the molecule is N#CCc1nc(NS(=O)(=O)c2ccccc2)c(-c2ccccc2)c(N)c1C#N. The molecule has 0 unspecified atom stereocenters. The molecule has 28 heavy (non-hydrogen) atoms. The van der Waals surface area contributed by atoms with Gasteiger partial charge in [-0.2, -0.15) is 10.5 Å². The molecule has 3 N–H and O–H groups in total. The van der Waals surface area contributed by atoms with Crippen LogP contribution < -0.4 is 10.5 Å². The van der Waals surface area contributed by atoms with Crippen LogP contribution in [0.25, 0.3) is 11.1 Å². The lowest BCUT2D eigenvalue weighted by molar-refractivity contribution is 0.601. The third-order valence-electron chi connectivity index (χ3n) is 4.02. The Kier molecular flexibility index (Phi) is 5.25. The Morgan fingerprint density at radius 3 is 2.18 bits per heavy atom. The molecule has 3 aromatic rings. The number of nitrogens with one attached hydrogen (secondary N) is 1. The normalized spacial score (nSPS) is 10.6. The molecular weight excluding hydrogens is 374 g/mol. The maximum atomic E-state index is 12.8. The first-order chi connectivity index (χ1) is 13.5. The van der Waals surface area contributed by atoms with Gasteiger partial charge in [0.1, 0.15) is 11.9 Å². The largest absolute Gasteiger partial charge is 0.397 e. The lowest BCUT2D eigenvalue weighted by atomic mass is 9.99. The van der Waals surface area contributed by atoms with Crippen molar-refractivity contribution in [2.24, 2.45) is 0 Å². The van der Waals surface area contributed by atoms with E-state index in [1.165, 1.54) is 12.1 Å². The summed E-state index contributed by atoms with van der Waals surface area (Å²) in [6.45, 7) is 0. The van der Waals surface area contributed by atoms with Crippen LogP contribution in [-0.2, 0) is 16.4 Å². The summed E-state index contributed by atoms with van der Waals surface area (Å²) in [5, 5.41) is 18.5. The van der Waals surface area contributed by atoms with Gasteiger partial charge in [-0.05, 0) is 17.7 Å². The van der Waals surface area contributed by atoms with Gasteiger partial charge in [-0.15, -0.1) is 0 Å². The fourth-order valence-corrected chi connectivity index (χ4v) is 3.77. The van der Waals surface area contributed by atoms with Gasteiger partial charge in [-0.3, -0.25) is 4.72 Å². The fourth-order valence-electron chi connectivity index (χ4n) is 2.74. The summed E-state index contributed by atoms with van der Waals surface area (Å²) in [6, 6.07) is 20.5. The maximum Gasteiger partial charge on any atom is 0.263 e. The average molecular weight is 389 g/mol. The van der Waals surface area contributed by atoms with Crippen LogP contribution in [0.2, 0.25) is 0 Å². The number of nitrogens with zero attached hydrogens (tertiary/aromatic N) is 3. The summed E-state index contributed by atoms with van der Waals surface area (Å²) < 4.78 is 28.1. The molecule has 138 valence electrons. The molecular formula is C20H15N5O2S. The average Bonchev–Trinajstić information content (AvgIpc) is 2.69. The van der Waals surface area contributed by atoms with Crippen LogP contribution in [0.5, 0.6) is 0 Å². The highest BCUT2D eigenvalue weighted by atomic mass is 32.2. The second-order valence-electron chi connectivity index (χ2n) is 5.80. The van der Waals surface area contributed by atoms with Crippen molar-refractivity contribution in [3.8, 4) is 23.3 Å². The summed E-state index contributed by atoms with van der Waals surface area (Å²) in [6.07, 6.45) is -0.178.